The van der Waals surface area contributed by atoms with Crippen molar-refractivity contribution < 1.29 is 4.79 Å². The summed E-state index contributed by atoms with van der Waals surface area (Å²) in [5.41, 5.74) is 2.26. The van der Waals surface area contributed by atoms with Gasteiger partial charge in [-0.15, -0.1) is 0 Å². The summed E-state index contributed by atoms with van der Waals surface area (Å²) in [6, 6.07) is 3.61. The summed E-state index contributed by atoms with van der Waals surface area (Å²) < 4.78 is 1.68. The van der Waals surface area contributed by atoms with Crippen LogP contribution in [0, 0.1) is 0 Å². The first kappa shape index (κ1) is 9.58. The number of carbonyl (C=O) groups is 1. The summed E-state index contributed by atoms with van der Waals surface area (Å²) in [5.74, 6) is 0. The van der Waals surface area contributed by atoms with Gasteiger partial charge in [0.15, 0.2) is 6.29 Å². The van der Waals surface area contributed by atoms with Crippen molar-refractivity contribution >= 4 is 6.29 Å². The third-order valence-electron chi connectivity index (χ3n) is 2.22. The van der Waals surface area contributed by atoms with E-state index in [9.17, 15) is 4.79 Å². The summed E-state index contributed by atoms with van der Waals surface area (Å²) in [6.45, 7) is 2.06. The van der Waals surface area contributed by atoms with Crippen LogP contribution in [0.4, 0.5) is 0 Å². The lowest BCUT2D eigenvalue weighted by Crippen LogP contribution is -2.01. The average molecular weight is 201 g/mol. The largest absolute Gasteiger partial charge is 0.296 e. The lowest BCUT2D eigenvalue weighted by Gasteiger charge is -2.02. The zero-order chi connectivity index (χ0) is 10.7. The van der Waals surface area contributed by atoms with Gasteiger partial charge in [0, 0.05) is 12.4 Å². The molecule has 0 fully saturated rings. The first-order chi connectivity index (χ1) is 7.35. The second-order valence-electron chi connectivity index (χ2n) is 3.17. The highest BCUT2D eigenvalue weighted by molar-refractivity contribution is 5.77. The summed E-state index contributed by atoms with van der Waals surface area (Å²) in [7, 11) is 0. The van der Waals surface area contributed by atoms with Crippen LogP contribution in [0.15, 0.2) is 30.7 Å². The van der Waals surface area contributed by atoms with E-state index in [4.69, 9.17) is 0 Å². The molecule has 76 valence electrons. The third-order valence-corrected chi connectivity index (χ3v) is 2.22. The number of aromatic nitrogens is 3. The van der Waals surface area contributed by atoms with Crippen LogP contribution in [0.5, 0.6) is 0 Å². The molecule has 0 spiro atoms. The molecular weight excluding hydrogens is 190 g/mol. The van der Waals surface area contributed by atoms with E-state index in [1.165, 1.54) is 0 Å². The molecule has 2 aromatic rings. The molecule has 0 aliphatic carbocycles. The molecule has 4 heteroatoms. The molecule has 0 bridgehead atoms. The average Bonchev–Trinajstić information content (AvgIpc) is 2.77. The fourth-order valence-electron chi connectivity index (χ4n) is 1.37. The molecule has 15 heavy (non-hydrogen) atoms. The Morgan fingerprint density at radius 3 is 3.07 bits per heavy atom. The molecule has 0 unspecified atom stereocenters. The predicted molar refractivity (Wildman–Crippen MR) is 56.1 cm³/mol. The zero-order valence-electron chi connectivity index (χ0n) is 8.42. The molecule has 0 radical (unpaired) electrons. The Bertz CT molecular complexity index is 476. The quantitative estimate of drug-likeness (QED) is 0.709. The van der Waals surface area contributed by atoms with Crippen molar-refractivity contribution in [1.82, 2.24) is 14.8 Å². The lowest BCUT2D eigenvalue weighted by molar-refractivity contribution is 0.111. The van der Waals surface area contributed by atoms with Gasteiger partial charge in [-0.25, -0.2) is 4.68 Å². The van der Waals surface area contributed by atoms with E-state index in [2.05, 4.69) is 17.0 Å². The minimum Gasteiger partial charge on any atom is -0.296 e. The summed E-state index contributed by atoms with van der Waals surface area (Å²) >= 11 is 0. The van der Waals surface area contributed by atoms with Crippen molar-refractivity contribution in [2.45, 2.75) is 13.3 Å². The van der Waals surface area contributed by atoms with E-state index in [-0.39, 0.29) is 0 Å². The Hall–Kier alpha value is -1.97. The van der Waals surface area contributed by atoms with Crippen molar-refractivity contribution in [3.05, 3.63) is 42.0 Å². The molecule has 0 amide bonds. The monoisotopic (exact) mass is 201 g/mol. The molecule has 4 nitrogen and oxygen atoms in total. The van der Waals surface area contributed by atoms with Crippen molar-refractivity contribution in [2.24, 2.45) is 0 Å². The highest BCUT2D eigenvalue weighted by atomic mass is 16.1. The Morgan fingerprint density at radius 2 is 2.40 bits per heavy atom. The van der Waals surface area contributed by atoms with Crippen LogP contribution in [0.1, 0.15) is 23.0 Å². The maximum absolute atomic E-state index is 10.8. The topological polar surface area (TPSA) is 47.8 Å². The minimum absolute atomic E-state index is 0.406. The zero-order valence-corrected chi connectivity index (χ0v) is 8.42. The van der Waals surface area contributed by atoms with Crippen LogP contribution >= 0.6 is 0 Å². The van der Waals surface area contributed by atoms with E-state index < -0.39 is 0 Å². The van der Waals surface area contributed by atoms with Crippen LogP contribution in [0.25, 0.3) is 5.69 Å². The normalized spacial score (nSPS) is 10.2. The third kappa shape index (κ3) is 1.79. The van der Waals surface area contributed by atoms with Crippen LogP contribution in [-0.4, -0.2) is 21.1 Å². The molecule has 0 aliphatic rings. The maximum Gasteiger partial charge on any atom is 0.170 e. The smallest absolute Gasteiger partial charge is 0.170 e. The van der Waals surface area contributed by atoms with E-state index in [0.717, 1.165) is 18.3 Å². The van der Waals surface area contributed by atoms with E-state index in [1.54, 1.807) is 23.1 Å². The summed E-state index contributed by atoms with van der Waals surface area (Å²) in [6.07, 6.45) is 6.96. The maximum atomic E-state index is 10.8. The van der Waals surface area contributed by atoms with Gasteiger partial charge in [-0.05, 0) is 24.1 Å². The van der Waals surface area contributed by atoms with Gasteiger partial charge < -0.3 is 0 Å². The first-order valence-electron chi connectivity index (χ1n) is 4.79. The Kier molecular flexibility index (Phi) is 2.58. The van der Waals surface area contributed by atoms with Crippen LogP contribution in [0.3, 0.4) is 0 Å². The van der Waals surface area contributed by atoms with Crippen molar-refractivity contribution in [3.63, 3.8) is 0 Å². The van der Waals surface area contributed by atoms with Gasteiger partial charge >= 0.3 is 0 Å². The highest BCUT2D eigenvalue weighted by Gasteiger charge is 2.05. The molecule has 0 saturated heterocycles. The molecule has 0 atom stereocenters. The number of hydrogen-bond donors (Lipinski definition) is 0. The number of nitrogens with zero attached hydrogens (tertiary/aromatic N) is 3. The molecule has 2 heterocycles. The number of rotatable bonds is 3. The number of hydrogen-bond acceptors (Lipinski definition) is 3. The fourth-order valence-corrected chi connectivity index (χ4v) is 1.37. The second-order valence-corrected chi connectivity index (χ2v) is 3.17. The number of aryl methyl sites for hydroxylation is 1. The molecular formula is C11H11N3O. The number of pyridine rings is 1. The van der Waals surface area contributed by atoms with E-state index in [0.29, 0.717) is 11.4 Å². The summed E-state index contributed by atoms with van der Waals surface area (Å²) in [4.78, 5) is 14.8. The van der Waals surface area contributed by atoms with Crippen molar-refractivity contribution in [3.8, 4) is 5.69 Å². The van der Waals surface area contributed by atoms with Crippen LogP contribution in [-0.2, 0) is 6.42 Å². The Labute approximate surface area is 87.6 Å². The molecule has 2 aromatic heterocycles. The first-order valence-corrected chi connectivity index (χ1v) is 4.79. The van der Waals surface area contributed by atoms with Gasteiger partial charge in [0.2, 0.25) is 0 Å². The lowest BCUT2D eigenvalue weighted by atomic mass is 10.3. The minimum atomic E-state index is 0.406. The molecule has 0 aromatic carbocycles. The van der Waals surface area contributed by atoms with Gasteiger partial charge in [0.1, 0.15) is 5.69 Å². The fraction of sp³-hybridized carbons (Fsp3) is 0.182. The molecule has 0 aliphatic heterocycles. The van der Waals surface area contributed by atoms with Crippen LogP contribution in [0.2, 0.25) is 0 Å². The molecule has 0 N–H and O–H groups in total. The van der Waals surface area contributed by atoms with Crippen molar-refractivity contribution in [1.29, 1.82) is 0 Å². The van der Waals surface area contributed by atoms with Gasteiger partial charge in [-0.1, -0.05) is 6.92 Å². The van der Waals surface area contributed by atoms with Gasteiger partial charge in [0.25, 0.3) is 0 Å². The standard InChI is InChI=1S/C11H11N3O/c1-2-9-6-13-14(7-9)11-4-3-5-12-10(11)8-15/h3-8H,2H2,1H3. The van der Waals surface area contributed by atoms with Gasteiger partial charge in [0.05, 0.1) is 11.9 Å². The van der Waals surface area contributed by atoms with Crippen molar-refractivity contribution in [2.75, 3.05) is 0 Å². The number of aldehydes is 1. The molecule has 2 rings (SSSR count). The second kappa shape index (κ2) is 4.04. The van der Waals surface area contributed by atoms with Crippen LogP contribution < -0.4 is 0 Å². The highest BCUT2D eigenvalue weighted by Crippen LogP contribution is 2.10. The van der Waals surface area contributed by atoms with E-state index in [1.807, 2.05) is 12.3 Å². The number of carbonyl (C=O) groups excluding carboxylic acids is 1. The SMILES string of the molecule is CCc1cnn(-c2cccnc2C=O)c1. The Morgan fingerprint density at radius 1 is 1.53 bits per heavy atom. The molecule has 0 saturated carbocycles. The predicted octanol–water partition coefficient (Wildman–Crippen LogP) is 1.64. The van der Waals surface area contributed by atoms with Gasteiger partial charge in [-0.2, -0.15) is 5.10 Å². The van der Waals surface area contributed by atoms with Gasteiger partial charge in [-0.3, -0.25) is 9.78 Å². The Balaban J connectivity index is 2.48. The summed E-state index contributed by atoms with van der Waals surface area (Å²) in [5, 5.41) is 4.18. The van der Waals surface area contributed by atoms with E-state index >= 15 is 0 Å².